The van der Waals surface area contributed by atoms with Gasteiger partial charge in [-0.1, -0.05) is 109 Å². The van der Waals surface area contributed by atoms with E-state index in [-0.39, 0.29) is 0 Å². The van der Waals surface area contributed by atoms with Crippen LogP contribution in [0.4, 0.5) is 0 Å². The summed E-state index contributed by atoms with van der Waals surface area (Å²) in [4.78, 5) is 10.8. The number of fused-ring (bicyclic) bond motifs is 4. The van der Waals surface area contributed by atoms with Gasteiger partial charge in [-0.25, -0.2) is 9.97 Å². The van der Waals surface area contributed by atoms with Gasteiger partial charge in [0.1, 0.15) is 5.69 Å². The Balaban J connectivity index is 1.46. The molecule has 2 heterocycles. The van der Waals surface area contributed by atoms with Crippen molar-refractivity contribution in [3.63, 3.8) is 0 Å². The Hall–Kier alpha value is -5.54. The quantitative estimate of drug-likeness (QED) is 0.168. The van der Waals surface area contributed by atoms with Gasteiger partial charge in [-0.3, -0.25) is 4.57 Å². The molecule has 0 radical (unpaired) electrons. The smallest absolute Gasteiger partial charge is 0.165 e. The van der Waals surface area contributed by atoms with E-state index in [1.54, 1.807) is 0 Å². The summed E-state index contributed by atoms with van der Waals surface area (Å²) in [7, 11) is 0. The van der Waals surface area contributed by atoms with E-state index in [4.69, 9.17) is 9.97 Å². The second kappa shape index (κ2) is 7.56. The van der Waals surface area contributed by atoms with Gasteiger partial charge >= 0.3 is 0 Å². The topological polar surface area (TPSA) is 30.7 Å². The molecule has 10 aromatic rings. The molecule has 0 aliphatic heterocycles. The average Bonchev–Trinajstić information content (AvgIpc) is 3.38. The molecule has 0 saturated carbocycles. The van der Waals surface area contributed by atoms with Crippen LogP contribution in [0.15, 0.2) is 127 Å². The van der Waals surface area contributed by atoms with Crippen LogP contribution in [-0.2, 0) is 0 Å². The number of benzene rings is 8. The molecule has 0 bridgehead atoms. The highest BCUT2D eigenvalue weighted by atomic mass is 15.1. The molecule has 0 atom stereocenters. The van der Waals surface area contributed by atoms with Crippen molar-refractivity contribution in [1.82, 2.24) is 14.5 Å². The number of rotatable bonds is 2. The van der Waals surface area contributed by atoms with Crippen LogP contribution in [0.2, 0.25) is 0 Å². The van der Waals surface area contributed by atoms with Crippen molar-refractivity contribution >= 4 is 75.9 Å². The molecule has 2 aromatic heterocycles. The minimum atomic E-state index is 0.856. The SMILES string of the molecule is c1ccc(-c2nc3ccc4ccccc4c3nc2-n2c3cccc4c5cccc6ccc7ccc2c(c7c65)c43)cc1. The second-order valence-electron chi connectivity index (χ2n) is 11.0. The van der Waals surface area contributed by atoms with Gasteiger partial charge in [-0.15, -0.1) is 0 Å². The van der Waals surface area contributed by atoms with Gasteiger partial charge in [0.25, 0.3) is 0 Å². The normalized spacial score (nSPS) is 12.4. The molecule has 0 spiro atoms. The van der Waals surface area contributed by atoms with E-state index in [1.165, 1.54) is 48.5 Å². The summed E-state index contributed by atoms with van der Waals surface area (Å²) in [6, 6.07) is 45.6. The summed E-state index contributed by atoms with van der Waals surface area (Å²) < 4.78 is 2.36. The van der Waals surface area contributed by atoms with Crippen LogP contribution in [0, 0.1) is 0 Å². The van der Waals surface area contributed by atoms with Gasteiger partial charge in [0.05, 0.1) is 22.1 Å². The van der Waals surface area contributed by atoms with E-state index in [2.05, 4.69) is 132 Å². The Morgan fingerprint density at radius 2 is 1.07 bits per heavy atom. The van der Waals surface area contributed by atoms with Gasteiger partial charge in [-0.05, 0) is 50.5 Å². The molecule has 0 aliphatic rings. The molecule has 0 aliphatic carbocycles. The summed E-state index contributed by atoms with van der Waals surface area (Å²) in [6.45, 7) is 0. The first-order valence-corrected chi connectivity index (χ1v) is 14.0. The van der Waals surface area contributed by atoms with E-state index in [1.807, 2.05) is 0 Å². The zero-order valence-electron chi connectivity index (χ0n) is 22.0. The van der Waals surface area contributed by atoms with Crippen LogP contribution in [0.1, 0.15) is 0 Å². The third kappa shape index (κ3) is 2.68. The van der Waals surface area contributed by atoms with Crippen molar-refractivity contribution in [1.29, 1.82) is 0 Å². The third-order valence-electron chi connectivity index (χ3n) is 8.87. The molecule has 10 rings (SSSR count). The number of nitrogens with zero attached hydrogens (tertiary/aromatic N) is 3. The summed E-state index contributed by atoms with van der Waals surface area (Å²) in [5.74, 6) is 0.856. The van der Waals surface area contributed by atoms with Crippen molar-refractivity contribution in [3.05, 3.63) is 127 Å². The van der Waals surface area contributed by atoms with E-state index in [0.29, 0.717) is 0 Å². The number of hydrogen-bond donors (Lipinski definition) is 0. The lowest BCUT2D eigenvalue weighted by Gasteiger charge is -2.15. The van der Waals surface area contributed by atoms with Crippen molar-refractivity contribution in [2.24, 2.45) is 0 Å². The predicted octanol–water partition coefficient (Wildman–Crippen LogP) is 9.88. The highest BCUT2D eigenvalue weighted by Crippen LogP contribution is 2.47. The first-order chi connectivity index (χ1) is 20.3. The Bertz CT molecular complexity index is 2630. The zero-order valence-corrected chi connectivity index (χ0v) is 22.0. The standard InChI is InChI=1S/C38H21N3/c1-2-9-25(10-3-1)36-38(40-37-26-12-5-4-8-22(26)18-20-29(37)39-36)41-30-15-7-14-28-27-13-6-11-23-16-17-24-19-21-31(41)35(34(28)30)33(24)32(23)27/h1-21H. The third-order valence-corrected chi connectivity index (χ3v) is 8.87. The molecule has 0 fully saturated rings. The monoisotopic (exact) mass is 519 g/mol. The summed E-state index contributed by atoms with van der Waals surface area (Å²) >= 11 is 0. The van der Waals surface area contributed by atoms with Gasteiger partial charge in [0.2, 0.25) is 0 Å². The Labute approximate surface area is 234 Å². The van der Waals surface area contributed by atoms with E-state index in [0.717, 1.165) is 44.5 Å². The molecule has 3 heteroatoms. The molecule has 188 valence electrons. The molecule has 0 unspecified atom stereocenters. The summed E-state index contributed by atoms with van der Waals surface area (Å²) in [6.07, 6.45) is 0. The van der Waals surface area contributed by atoms with Gasteiger partial charge in [0, 0.05) is 27.1 Å². The molecular weight excluding hydrogens is 498 g/mol. The maximum atomic E-state index is 5.49. The highest BCUT2D eigenvalue weighted by Gasteiger charge is 2.24. The first-order valence-electron chi connectivity index (χ1n) is 14.0. The molecule has 0 amide bonds. The lowest BCUT2D eigenvalue weighted by Crippen LogP contribution is -2.04. The largest absolute Gasteiger partial charge is 0.292 e. The van der Waals surface area contributed by atoms with Crippen LogP contribution >= 0.6 is 0 Å². The Morgan fingerprint density at radius 3 is 1.98 bits per heavy atom. The van der Waals surface area contributed by atoms with E-state index < -0.39 is 0 Å². The lowest BCUT2D eigenvalue weighted by atomic mass is 9.89. The molecule has 3 nitrogen and oxygen atoms in total. The number of hydrogen-bond acceptors (Lipinski definition) is 2. The zero-order chi connectivity index (χ0) is 26.7. The molecule has 41 heavy (non-hydrogen) atoms. The fraction of sp³-hybridized carbons (Fsp3) is 0. The molecular formula is C38H21N3. The minimum Gasteiger partial charge on any atom is -0.292 e. The Morgan fingerprint density at radius 1 is 0.415 bits per heavy atom. The van der Waals surface area contributed by atoms with Crippen molar-refractivity contribution in [2.75, 3.05) is 0 Å². The van der Waals surface area contributed by atoms with Crippen LogP contribution in [0.3, 0.4) is 0 Å². The van der Waals surface area contributed by atoms with Crippen molar-refractivity contribution in [2.45, 2.75) is 0 Å². The van der Waals surface area contributed by atoms with Crippen molar-refractivity contribution < 1.29 is 0 Å². The highest BCUT2D eigenvalue weighted by molar-refractivity contribution is 6.40. The van der Waals surface area contributed by atoms with E-state index in [9.17, 15) is 0 Å². The predicted molar refractivity (Wildman–Crippen MR) is 172 cm³/mol. The summed E-state index contributed by atoms with van der Waals surface area (Å²) in [5, 5.41) is 12.7. The van der Waals surface area contributed by atoms with Crippen LogP contribution < -0.4 is 0 Å². The molecule has 0 N–H and O–H groups in total. The fourth-order valence-electron chi connectivity index (χ4n) is 7.15. The maximum Gasteiger partial charge on any atom is 0.165 e. The van der Waals surface area contributed by atoms with E-state index >= 15 is 0 Å². The van der Waals surface area contributed by atoms with Crippen molar-refractivity contribution in [3.8, 4) is 17.1 Å². The average molecular weight is 520 g/mol. The van der Waals surface area contributed by atoms with Crippen LogP contribution in [0.25, 0.3) is 93.0 Å². The minimum absolute atomic E-state index is 0.856. The maximum absolute atomic E-state index is 5.49. The van der Waals surface area contributed by atoms with Gasteiger partial charge in [0.15, 0.2) is 5.82 Å². The lowest BCUT2D eigenvalue weighted by molar-refractivity contribution is 1.08. The van der Waals surface area contributed by atoms with Crippen LogP contribution in [0.5, 0.6) is 0 Å². The molecule has 8 aromatic carbocycles. The fourth-order valence-corrected chi connectivity index (χ4v) is 7.15. The second-order valence-corrected chi connectivity index (χ2v) is 11.0. The number of aromatic nitrogens is 3. The first kappa shape index (κ1) is 21.3. The Kier molecular flexibility index (Phi) is 3.93. The molecule has 0 saturated heterocycles. The van der Waals surface area contributed by atoms with Gasteiger partial charge < -0.3 is 0 Å². The van der Waals surface area contributed by atoms with Crippen LogP contribution in [-0.4, -0.2) is 14.5 Å². The summed E-state index contributed by atoms with van der Waals surface area (Å²) in [5.41, 5.74) is 6.07. The van der Waals surface area contributed by atoms with Gasteiger partial charge in [-0.2, -0.15) is 0 Å².